The number of H-pyrrole nitrogens is 1. The molecule has 1 fully saturated rings. The number of pyridine rings is 2. The van der Waals surface area contributed by atoms with Gasteiger partial charge in [-0.2, -0.15) is 13.2 Å². The number of aromatic amines is 1. The van der Waals surface area contributed by atoms with Gasteiger partial charge in [0.05, 0.1) is 29.4 Å². The summed E-state index contributed by atoms with van der Waals surface area (Å²) in [5, 5.41) is 5.00. The van der Waals surface area contributed by atoms with Crippen LogP contribution in [0.3, 0.4) is 0 Å². The molecule has 4 rings (SSSR count). The average Bonchev–Trinajstić information content (AvgIpc) is 3.07. The van der Waals surface area contributed by atoms with Gasteiger partial charge in [0.15, 0.2) is 5.65 Å². The summed E-state index contributed by atoms with van der Waals surface area (Å²) in [6, 6.07) is -0.829. The van der Waals surface area contributed by atoms with Crippen LogP contribution in [-0.4, -0.2) is 62.4 Å². The molecule has 0 saturated carbocycles. The third-order valence-electron chi connectivity index (χ3n) is 6.15. The number of amides is 2. The van der Waals surface area contributed by atoms with Gasteiger partial charge in [-0.25, -0.2) is 18.6 Å². The average molecular weight is 515 g/mol. The Morgan fingerprint density at radius 1 is 1.22 bits per heavy atom. The zero-order chi connectivity index (χ0) is 26.6. The lowest BCUT2D eigenvalue weighted by Crippen LogP contribution is -2.59. The van der Waals surface area contributed by atoms with Gasteiger partial charge in [-0.3, -0.25) is 19.4 Å². The second-order valence-corrected chi connectivity index (χ2v) is 8.65. The predicted molar refractivity (Wildman–Crippen MR) is 120 cm³/mol. The van der Waals surface area contributed by atoms with Crippen LogP contribution in [0.15, 0.2) is 34.1 Å². The molecule has 194 valence electrons. The minimum absolute atomic E-state index is 0.0845. The Bertz CT molecular complexity index is 1440. The number of aromatic nitrogens is 4. The molecule has 1 atom stereocenters. The van der Waals surface area contributed by atoms with E-state index in [2.05, 4.69) is 10.1 Å². The molecule has 36 heavy (non-hydrogen) atoms. The summed E-state index contributed by atoms with van der Waals surface area (Å²) in [7, 11) is 3.66. The number of alkyl halides is 5. The fourth-order valence-electron chi connectivity index (χ4n) is 4.20. The van der Waals surface area contributed by atoms with Gasteiger partial charge in [0, 0.05) is 33.9 Å². The van der Waals surface area contributed by atoms with Crippen molar-refractivity contribution in [3.8, 4) is 0 Å². The predicted octanol–water partition coefficient (Wildman–Crippen LogP) is 2.36. The van der Waals surface area contributed by atoms with Gasteiger partial charge in [0.2, 0.25) is 0 Å². The molecule has 0 radical (unpaired) electrons. The molecule has 4 heterocycles. The lowest BCUT2D eigenvalue weighted by molar-refractivity contribution is -0.138. The zero-order valence-corrected chi connectivity index (χ0v) is 19.4. The second kappa shape index (κ2) is 8.64. The number of nitrogens with one attached hydrogen (secondary N) is 2. The maximum Gasteiger partial charge on any atom is 0.417 e. The highest BCUT2D eigenvalue weighted by atomic mass is 19.4. The quantitative estimate of drug-likeness (QED) is 0.521. The summed E-state index contributed by atoms with van der Waals surface area (Å²) in [6.45, 7) is -0.709. The van der Waals surface area contributed by atoms with Gasteiger partial charge in [0.25, 0.3) is 17.0 Å². The van der Waals surface area contributed by atoms with Gasteiger partial charge in [-0.05, 0) is 18.6 Å². The molecule has 10 nitrogen and oxygen atoms in total. The summed E-state index contributed by atoms with van der Waals surface area (Å²) < 4.78 is 71.4. The van der Waals surface area contributed by atoms with Crippen LogP contribution in [0.1, 0.15) is 12.0 Å². The summed E-state index contributed by atoms with van der Waals surface area (Å²) in [4.78, 5) is 43.1. The van der Waals surface area contributed by atoms with Crippen LogP contribution >= 0.6 is 0 Å². The van der Waals surface area contributed by atoms with Crippen molar-refractivity contribution in [1.29, 1.82) is 0 Å². The molecule has 1 aliphatic rings. The van der Waals surface area contributed by atoms with Gasteiger partial charge in [0.1, 0.15) is 11.7 Å². The molecule has 0 bridgehead atoms. The van der Waals surface area contributed by atoms with E-state index in [0.717, 1.165) is 14.1 Å². The van der Waals surface area contributed by atoms with Crippen molar-refractivity contribution in [3.05, 3.63) is 50.8 Å². The van der Waals surface area contributed by atoms with Crippen molar-refractivity contribution >= 4 is 28.4 Å². The molecule has 15 heteroatoms. The van der Waals surface area contributed by atoms with Crippen molar-refractivity contribution in [2.75, 3.05) is 30.4 Å². The zero-order valence-electron chi connectivity index (χ0n) is 19.4. The SMILES string of the molecule is CN(C(=O)Nc1cc(C(F)(F)F)cn(C)c1=O)[C@@H]1CCN(c2cnc3[nH]n(C)c(=O)c3c2)CC1(F)F. The molecule has 0 aliphatic carbocycles. The minimum atomic E-state index is -4.78. The number of aryl methyl sites for hydroxylation is 2. The third kappa shape index (κ3) is 4.52. The summed E-state index contributed by atoms with van der Waals surface area (Å²) >= 11 is 0. The molecule has 3 aromatic rings. The number of carbonyl (C=O) groups excluding carboxylic acids is 1. The number of hydrogen-bond acceptors (Lipinski definition) is 5. The molecule has 0 spiro atoms. The fourth-order valence-corrected chi connectivity index (χ4v) is 4.20. The maximum atomic E-state index is 15.1. The van der Waals surface area contributed by atoms with E-state index in [1.54, 1.807) is 0 Å². The van der Waals surface area contributed by atoms with Gasteiger partial charge in [-0.1, -0.05) is 0 Å². The highest BCUT2D eigenvalue weighted by molar-refractivity contribution is 5.89. The number of nitrogens with zero attached hydrogens (tertiary/aromatic N) is 5. The molecular weight excluding hydrogens is 493 g/mol. The second-order valence-electron chi connectivity index (χ2n) is 8.65. The monoisotopic (exact) mass is 515 g/mol. The molecule has 2 N–H and O–H groups in total. The van der Waals surface area contributed by atoms with Crippen LogP contribution in [0, 0.1) is 0 Å². The number of carbonyl (C=O) groups is 1. The first-order chi connectivity index (χ1) is 16.7. The van der Waals surface area contributed by atoms with E-state index < -0.39 is 47.5 Å². The van der Waals surface area contributed by atoms with Gasteiger partial charge >= 0.3 is 12.2 Å². The largest absolute Gasteiger partial charge is 0.417 e. The van der Waals surface area contributed by atoms with Gasteiger partial charge < -0.3 is 19.7 Å². The highest BCUT2D eigenvalue weighted by Crippen LogP contribution is 2.34. The first-order valence-corrected chi connectivity index (χ1v) is 10.7. The van der Waals surface area contributed by atoms with Crippen molar-refractivity contribution in [3.63, 3.8) is 0 Å². The summed E-state index contributed by atoms with van der Waals surface area (Å²) in [5.41, 5.74) is -2.54. The molecular formula is C21H22F5N7O3. The standard InChI is InChI=1S/C21H22F5N7O3/c1-30-9-11(21(24,25)26)6-14(18(30)35)28-19(36)31(2)15-4-5-33(10-20(15,22)23)12-7-13-16(27-8-12)29-32(3)17(13)34/h6-9,15H,4-5,10H2,1-3H3,(H,27,29)(H,28,36)/t15-/m1/s1. The maximum absolute atomic E-state index is 15.1. The summed E-state index contributed by atoms with van der Waals surface area (Å²) in [5.74, 6) is -3.43. The number of fused-ring (bicyclic) bond motifs is 1. The van der Waals surface area contributed by atoms with Crippen LogP contribution in [0.2, 0.25) is 0 Å². The van der Waals surface area contributed by atoms with Crippen molar-refractivity contribution in [2.45, 2.75) is 24.6 Å². The van der Waals surface area contributed by atoms with Crippen molar-refractivity contribution < 1.29 is 26.7 Å². The Hall–Kier alpha value is -3.91. The van der Waals surface area contributed by atoms with Crippen molar-refractivity contribution in [2.24, 2.45) is 14.1 Å². The van der Waals surface area contributed by atoms with E-state index in [1.165, 1.54) is 28.9 Å². The number of urea groups is 1. The molecule has 1 aliphatic heterocycles. The van der Waals surface area contributed by atoms with E-state index in [0.29, 0.717) is 33.1 Å². The number of rotatable bonds is 3. The molecule has 2 amide bonds. The first-order valence-electron chi connectivity index (χ1n) is 10.7. The molecule has 0 unspecified atom stereocenters. The number of piperidine rings is 1. The Balaban J connectivity index is 1.52. The Morgan fingerprint density at radius 2 is 1.92 bits per heavy atom. The molecule has 1 saturated heterocycles. The molecule has 3 aromatic heterocycles. The third-order valence-corrected chi connectivity index (χ3v) is 6.15. The fraction of sp³-hybridized carbons (Fsp3) is 0.429. The van der Waals surface area contributed by atoms with Crippen LogP contribution in [0.25, 0.3) is 11.0 Å². The number of hydrogen-bond donors (Lipinski definition) is 2. The Morgan fingerprint density at radius 3 is 2.56 bits per heavy atom. The topological polar surface area (TPSA) is 108 Å². The van der Waals surface area contributed by atoms with Crippen LogP contribution in [0.5, 0.6) is 0 Å². The minimum Gasteiger partial charge on any atom is -0.364 e. The van der Waals surface area contributed by atoms with E-state index in [9.17, 15) is 27.6 Å². The normalized spacial score (nSPS) is 17.9. The van der Waals surface area contributed by atoms with Crippen LogP contribution < -0.4 is 21.3 Å². The van der Waals surface area contributed by atoms with Crippen molar-refractivity contribution in [1.82, 2.24) is 24.2 Å². The molecule has 0 aromatic carbocycles. The lowest BCUT2D eigenvalue weighted by atomic mass is 9.99. The smallest absolute Gasteiger partial charge is 0.364 e. The van der Waals surface area contributed by atoms with E-state index in [4.69, 9.17) is 0 Å². The summed E-state index contributed by atoms with van der Waals surface area (Å²) in [6.07, 6.45) is -3.05. The Labute approximate surface area is 199 Å². The Kier molecular flexibility index (Phi) is 6.04. The lowest BCUT2D eigenvalue weighted by Gasteiger charge is -2.42. The van der Waals surface area contributed by atoms with E-state index >= 15 is 8.78 Å². The van der Waals surface area contributed by atoms with E-state index in [-0.39, 0.29) is 23.9 Å². The number of halogens is 5. The number of anilines is 2. The highest BCUT2D eigenvalue weighted by Gasteiger charge is 2.48. The van der Waals surface area contributed by atoms with Crippen LogP contribution in [0.4, 0.5) is 38.1 Å². The van der Waals surface area contributed by atoms with Gasteiger partial charge in [-0.15, -0.1) is 0 Å². The van der Waals surface area contributed by atoms with E-state index in [1.807, 2.05) is 5.32 Å². The first kappa shape index (κ1) is 25.2. The van der Waals surface area contributed by atoms with Crippen LogP contribution in [-0.2, 0) is 20.3 Å².